The minimum absolute atomic E-state index is 0.0402. The molecule has 144 valence electrons. The predicted molar refractivity (Wildman–Crippen MR) is 101 cm³/mol. The van der Waals surface area contributed by atoms with Crippen molar-refractivity contribution in [1.29, 1.82) is 0 Å². The van der Waals surface area contributed by atoms with Crippen molar-refractivity contribution in [2.45, 2.75) is 51.0 Å². The molecule has 0 N–H and O–H groups in total. The highest BCUT2D eigenvalue weighted by Crippen LogP contribution is 2.52. The number of pyridine rings is 1. The molecule has 6 nitrogen and oxygen atoms in total. The summed E-state index contributed by atoms with van der Waals surface area (Å²) in [5.74, 6) is -0.830. The maximum absolute atomic E-state index is 13.3. The number of hydrogen-bond acceptors (Lipinski definition) is 4. The standard InChI is InChI=1S/C21H27N3O3/c1-4-15(5-2)24-13-21-10-9-16(27-21)17(18(21)20(24)26)19(25)23(3)12-14-8-6-7-11-22-14/h6-11,15-18H,4-5,12-13H2,1-3H3/t16-,17?,18?,21-/m1/s1. The zero-order valence-electron chi connectivity index (χ0n) is 16.2. The Kier molecular flexibility index (Phi) is 4.54. The molecule has 0 aromatic carbocycles. The lowest BCUT2D eigenvalue weighted by atomic mass is 9.76. The van der Waals surface area contributed by atoms with Crippen LogP contribution in [0.4, 0.5) is 0 Å². The summed E-state index contributed by atoms with van der Waals surface area (Å²) < 4.78 is 6.22. The van der Waals surface area contributed by atoms with Crippen molar-refractivity contribution in [1.82, 2.24) is 14.8 Å². The first-order chi connectivity index (χ1) is 13.0. The van der Waals surface area contributed by atoms with E-state index in [0.717, 1.165) is 18.5 Å². The van der Waals surface area contributed by atoms with Crippen molar-refractivity contribution in [3.05, 3.63) is 42.2 Å². The van der Waals surface area contributed by atoms with E-state index in [1.807, 2.05) is 35.3 Å². The van der Waals surface area contributed by atoms with E-state index >= 15 is 0 Å². The lowest BCUT2D eigenvalue weighted by molar-refractivity contribution is -0.143. The molecule has 2 saturated heterocycles. The number of hydrogen-bond donors (Lipinski definition) is 0. The van der Waals surface area contributed by atoms with Crippen LogP contribution in [0.25, 0.3) is 0 Å². The van der Waals surface area contributed by atoms with Crippen LogP contribution in [0.15, 0.2) is 36.5 Å². The van der Waals surface area contributed by atoms with Crippen LogP contribution in [-0.2, 0) is 20.9 Å². The minimum Gasteiger partial charge on any atom is -0.360 e. The van der Waals surface area contributed by atoms with E-state index in [4.69, 9.17) is 4.74 Å². The van der Waals surface area contributed by atoms with Crippen molar-refractivity contribution in [3.63, 3.8) is 0 Å². The molecule has 0 saturated carbocycles. The molecule has 0 radical (unpaired) electrons. The largest absolute Gasteiger partial charge is 0.360 e. The summed E-state index contributed by atoms with van der Waals surface area (Å²) in [4.78, 5) is 34.4. The number of fused-ring (bicyclic) bond motifs is 1. The van der Waals surface area contributed by atoms with Crippen LogP contribution in [0, 0.1) is 11.8 Å². The molecule has 27 heavy (non-hydrogen) atoms. The van der Waals surface area contributed by atoms with Crippen LogP contribution < -0.4 is 0 Å². The highest BCUT2D eigenvalue weighted by atomic mass is 16.5. The zero-order valence-corrected chi connectivity index (χ0v) is 16.2. The molecule has 4 atom stereocenters. The van der Waals surface area contributed by atoms with Gasteiger partial charge in [0.05, 0.1) is 36.7 Å². The van der Waals surface area contributed by atoms with Crippen LogP contribution in [-0.4, -0.2) is 57.9 Å². The van der Waals surface area contributed by atoms with Gasteiger partial charge in [0.2, 0.25) is 11.8 Å². The van der Waals surface area contributed by atoms with Gasteiger partial charge in [0, 0.05) is 19.3 Å². The summed E-state index contributed by atoms with van der Waals surface area (Å²) in [5.41, 5.74) is 0.204. The Morgan fingerprint density at radius 1 is 1.41 bits per heavy atom. The van der Waals surface area contributed by atoms with Gasteiger partial charge in [-0.3, -0.25) is 14.6 Å². The average molecular weight is 369 g/mol. The molecule has 2 bridgehead atoms. The lowest BCUT2D eigenvalue weighted by Gasteiger charge is -2.29. The molecule has 0 aliphatic carbocycles. The number of rotatable bonds is 6. The van der Waals surface area contributed by atoms with Crippen LogP contribution in [0.2, 0.25) is 0 Å². The fourth-order valence-corrected chi connectivity index (χ4v) is 4.92. The van der Waals surface area contributed by atoms with Gasteiger partial charge in [0.1, 0.15) is 5.60 Å². The number of amides is 2. The van der Waals surface area contributed by atoms with Crippen LogP contribution in [0.5, 0.6) is 0 Å². The normalized spacial score (nSPS) is 31.0. The van der Waals surface area contributed by atoms with Crippen LogP contribution in [0.3, 0.4) is 0 Å². The number of nitrogens with zero attached hydrogens (tertiary/aromatic N) is 3. The fourth-order valence-electron chi connectivity index (χ4n) is 4.92. The maximum Gasteiger partial charge on any atom is 0.230 e. The number of ether oxygens (including phenoxy) is 1. The van der Waals surface area contributed by atoms with Gasteiger partial charge in [-0.1, -0.05) is 32.1 Å². The highest BCUT2D eigenvalue weighted by molar-refractivity contribution is 5.93. The van der Waals surface area contributed by atoms with Crippen molar-refractivity contribution in [3.8, 4) is 0 Å². The number of likely N-dealkylation sites (tertiary alicyclic amines) is 1. The lowest BCUT2D eigenvalue weighted by Crippen LogP contribution is -2.45. The van der Waals surface area contributed by atoms with Gasteiger partial charge in [-0.2, -0.15) is 0 Å². The van der Waals surface area contributed by atoms with Gasteiger partial charge in [0.25, 0.3) is 0 Å². The molecule has 2 unspecified atom stereocenters. The Balaban J connectivity index is 1.56. The third-order valence-electron chi connectivity index (χ3n) is 6.30. The Bertz CT molecular complexity index is 761. The van der Waals surface area contributed by atoms with E-state index < -0.39 is 17.4 Å². The minimum atomic E-state index is -0.628. The molecule has 2 fully saturated rings. The molecule has 3 aliphatic heterocycles. The summed E-state index contributed by atoms with van der Waals surface area (Å²) >= 11 is 0. The summed E-state index contributed by atoms with van der Waals surface area (Å²) in [7, 11) is 1.78. The third kappa shape index (κ3) is 2.78. The molecule has 6 heteroatoms. The molecule has 1 aromatic heterocycles. The second-order valence-corrected chi connectivity index (χ2v) is 7.85. The van der Waals surface area contributed by atoms with Gasteiger partial charge in [0.15, 0.2) is 0 Å². The first-order valence-corrected chi connectivity index (χ1v) is 9.83. The highest BCUT2D eigenvalue weighted by Gasteiger charge is 2.67. The smallest absolute Gasteiger partial charge is 0.230 e. The van der Waals surface area contributed by atoms with Gasteiger partial charge in [-0.25, -0.2) is 0 Å². The van der Waals surface area contributed by atoms with E-state index in [9.17, 15) is 9.59 Å². The van der Waals surface area contributed by atoms with E-state index in [-0.39, 0.29) is 24.0 Å². The second kappa shape index (κ2) is 6.75. The molecule has 4 heterocycles. The van der Waals surface area contributed by atoms with E-state index in [1.54, 1.807) is 18.1 Å². The summed E-state index contributed by atoms with van der Waals surface area (Å²) in [6.07, 6.45) is 7.23. The molecular formula is C21H27N3O3. The van der Waals surface area contributed by atoms with Gasteiger partial charge in [-0.15, -0.1) is 0 Å². The molecule has 1 spiro atoms. The predicted octanol–water partition coefficient (Wildman–Crippen LogP) is 2.01. The number of carbonyl (C=O) groups excluding carboxylic acids is 2. The first kappa shape index (κ1) is 18.2. The Hall–Kier alpha value is -2.21. The van der Waals surface area contributed by atoms with E-state index in [2.05, 4.69) is 18.8 Å². The SMILES string of the molecule is CCC(CC)N1C[C@@]23C=C[C@@H](O2)C(C(=O)N(C)Cc2ccccn2)C3C1=O. The zero-order chi connectivity index (χ0) is 19.2. The Morgan fingerprint density at radius 3 is 2.85 bits per heavy atom. The van der Waals surface area contributed by atoms with Gasteiger partial charge in [-0.05, 0) is 25.0 Å². The van der Waals surface area contributed by atoms with Crippen molar-refractivity contribution >= 4 is 11.8 Å². The quantitative estimate of drug-likeness (QED) is 0.720. The van der Waals surface area contributed by atoms with Crippen LogP contribution in [0.1, 0.15) is 32.4 Å². The summed E-state index contributed by atoms with van der Waals surface area (Å²) in [6.45, 7) is 5.19. The third-order valence-corrected chi connectivity index (χ3v) is 6.30. The number of carbonyl (C=O) groups is 2. The molecular weight excluding hydrogens is 342 g/mol. The van der Waals surface area contributed by atoms with E-state index in [0.29, 0.717) is 13.1 Å². The second-order valence-electron chi connectivity index (χ2n) is 7.85. The van der Waals surface area contributed by atoms with Crippen molar-refractivity contribution in [2.75, 3.05) is 13.6 Å². The fraction of sp³-hybridized carbons (Fsp3) is 0.571. The molecule has 3 aliphatic rings. The van der Waals surface area contributed by atoms with E-state index in [1.165, 1.54) is 0 Å². The molecule has 1 aromatic rings. The van der Waals surface area contributed by atoms with Crippen molar-refractivity contribution in [2.24, 2.45) is 11.8 Å². The summed E-state index contributed by atoms with van der Waals surface area (Å²) in [6, 6.07) is 5.87. The number of aromatic nitrogens is 1. The van der Waals surface area contributed by atoms with Gasteiger partial charge >= 0.3 is 0 Å². The van der Waals surface area contributed by atoms with Gasteiger partial charge < -0.3 is 14.5 Å². The summed E-state index contributed by atoms with van der Waals surface area (Å²) in [5, 5.41) is 0. The topological polar surface area (TPSA) is 62.7 Å². The van der Waals surface area contributed by atoms with Crippen molar-refractivity contribution < 1.29 is 14.3 Å². The maximum atomic E-state index is 13.3. The Morgan fingerprint density at radius 2 is 2.19 bits per heavy atom. The molecule has 2 amide bonds. The first-order valence-electron chi connectivity index (χ1n) is 9.83. The Labute approximate surface area is 160 Å². The monoisotopic (exact) mass is 369 g/mol. The van der Waals surface area contributed by atoms with Crippen LogP contribution >= 0.6 is 0 Å². The molecule has 4 rings (SSSR count). The average Bonchev–Trinajstić information content (AvgIpc) is 3.32.